The molecule has 6 heteroatoms. The topological polar surface area (TPSA) is 73.9 Å². The summed E-state index contributed by atoms with van der Waals surface area (Å²) in [5, 5.41) is 2.72. The van der Waals surface area contributed by atoms with Crippen LogP contribution in [0.15, 0.2) is 42.5 Å². The van der Waals surface area contributed by atoms with Gasteiger partial charge in [-0.25, -0.2) is 0 Å². The Labute approximate surface area is 165 Å². The first kappa shape index (κ1) is 21.3. The quantitative estimate of drug-likeness (QED) is 0.529. The van der Waals surface area contributed by atoms with Gasteiger partial charge in [-0.05, 0) is 41.3 Å². The van der Waals surface area contributed by atoms with Crippen molar-refractivity contribution in [3.63, 3.8) is 0 Å². The number of carbonyl (C=O) groups excluding carboxylic acids is 2. The van der Waals surface area contributed by atoms with Crippen molar-refractivity contribution in [2.24, 2.45) is 0 Å². The van der Waals surface area contributed by atoms with Gasteiger partial charge >= 0.3 is 0 Å². The van der Waals surface area contributed by atoms with E-state index in [0.29, 0.717) is 36.5 Å². The Balaban J connectivity index is 1.72. The van der Waals surface area contributed by atoms with Gasteiger partial charge in [-0.1, -0.05) is 32.9 Å². The largest absolute Gasteiger partial charge is 0.497 e. The van der Waals surface area contributed by atoms with Crippen LogP contribution in [0.4, 0.5) is 0 Å². The first-order valence-electron chi connectivity index (χ1n) is 9.09. The lowest BCUT2D eigenvalue weighted by Gasteiger charge is -2.19. The van der Waals surface area contributed by atoms with Crippen LogP contribution in [0.25, 0.3) is 0 Å². The maximum absolute atomic E-state index is 11.9. The summed E-state index contributed by atoms with van der Waals surface area (Å²) in [7, 11) is 1.51. The van der Waals surface area contributed by atoms with Crippen LogP contribution < -0.4 is 19.5 Å². The number of hydrogen-bond acceptors (Lipinski definition) is 5. The number of methoxy groups -OCH3 is 1. The molecular formula is C22H27NO5. The summed E-state index contributed by atoms with van der Waals surface area (Å²) >= 11 is 0. The van der Waals surface area contributed by atoms with Gasteiger partial charge in [0.1, 0.15) is 23.9 Å². The molecule has 0 bridgehead atoms. The summed E-state index contributed by atoms with van der Waals surface area (Å²) in [6.07, 6.45) is 0.661. The molecule has 0 aliphatic heterocycles. The van der Waals surface area contributed by atoms with Gasteiger partial charge in [-0.2, -0.15) is 0 Å². The number of rotatable bonds is 9. The molecule has 28 heavy (non-hydrogen) atoms. The summed E-state index contributed by atoms with van der Waals surface area (Å²) in [6, 6.07) is 12.8. The monoisotopic (exact) mass is 385 g/mol. The second-order valence-corrected chi connectivity index (χ2v) is 7.28. The van der Waals surface area contributed by atoms with Gasteiger partial charge in [0, 0.05) is 0 Å². The minimum absolute atomic E-state index is 0.0973. The molecule has 0 fully saturated rings. The van der Waals surface area contributed by atoms with E-state index in [4.69, 9.17) is 14.2 Å². The van der Waals surface area contributed by atoms with Crippen molar-refractivity contribution < 1.29 is 23.8 Å². The van der Waals surface area contributed by atoms with Crippen molar-refractivity contribution >= 4 is 12.2 Å². The summed E-state index contributed by atoms with van der Waals surface area (Å²) in [5.41, 5.74) is 1.66. The second-order valence-electron chi connectivity index (χ2n) is 7.28. The van der Waals surface area contributed by atoms with Crippen LogP contribution in [0.5, 0.6) is 17.2 Å². The molecule has 0 saturated carbocycles. The van der Waals surface area contributed by atoms with Gasteiger partial charge in [-0.15, -0.1) is 0 Å². The van der Waals surface area contributed by atoms with Gasteiger partial charge in [0.05, 0.1) is 19.2 Å². The van der Waals surface area contributed by atoms with Gasteiger partial charge in [-0.3, -0.25) is 9.59 Å². The molecule has 0 radical (unpaired) electrons. The molecule has 0 heterocycles. The van der Waals surface area contributed by atoms with E-state index in [-0.39, 0.29) is 17.9 Å². The molecule has 2 aromatic rings. The summed E-state index contributed by atoms with van der Waals surface area (Å²) in [4.78, 5) is 23.0. The lowest BCUT2D eigenvalue weighted by Crippen LogP contribution is -2.32. The Kier molecular flexibility index (Phi) is 7.44. The predicted molar refractivity (Wildman–Crippen MR) is 108 cm³/mol. The standard InChI is InChI=1S/C22H27NO5/c1-22(2,3)17-5-7-18(8-6-17)27-12-11-23-21(25)15-28-20-10-9-19(26-4)13-16(20)14-24/h5-10,13-14H,11-12,15H2,1-4H3,(H,23,25). The van der Waals surface area contributed by atoms with E-state index in [0.717, 1.165) is 5.75 Å². The van der Waals surface area contributed by atoms with E-state index >= 15 is 0 Å². The Hall–Kier alpha value is -3.02. The van der Waals surface area contributed by atoms with Crippen LogP contribution in [0, 0.1) is 0 Å². The molecule has 0 spiro atoms. The van der Waals surface area contributed by atoms with Crippen molar-refractivity contribution in [2.75, 3.05) is 26.9 Å². The third kappa shape index (κ3) is 6.30. The molecule has 1 N–H and O–H groups in total. The summed E-state index contributed by atoms with van der Waals surface area (Å²) in [6.45, 7) is 6.99. The van der Waals surface area contributed by atoms with Crippen LogP contribution in [0.2, 0.25) is 0 Å². The van der Waals surface area contributed by atoms with E-state index in [1.165, 1.54) is 12.7 Å². The van der Waals surface area contributed by atoms with Gasteiger partial charge in [0.15, 0.2) is 12.9 Å². The van der Waals surface area contributed by atoms with Crippen LogP contribution in [-0.4, -0.2) is 39.1 Å². The number of nitrogens with one attached hydrogen (secondary N) is 1. The zero-order chi connectivity index (χ0) is 20.6. The zero-order valence-corrected chi connectivity index (χ0v) is 16.8. The van der Waals surface area contributed by atoms with Crippen molar-refractivity contribution in [3.8, 4) is 17.2 Å². The van der Waals surface area contributed by atoms with Gasteiger partial charge < -0.3 is 19.5 Å². The first-order valence-corrected chi connectivity index (χ1v) is 9.09. The maximum Gasteiger partial charge on any atom is 0.258 e. The SMILES string of the molecule is COc1ccc(OCC(=O)NCCOc2ccc(C(C)(C)C)cc2)c(C=O)c1. The molecule has 0 aliphatic rings. The minimum atomic E-state index is -0.292. The van der Waals surface area contributed by atoms with Crippen LogP contribution in [0.3, 0.4) is 0 Å². The van der Waals surface area contributed by atoms with E-state index in [1.807, 2.05) is 24.3 Å². The molecule has 2 aromatic carbocycles. The molecule has 0 unspecified atom stereocenters. The third-order valence-corrected chi connectivity index (χ3v) is 4.12. The Bertz CT molecular complexity index is 794. The van der Waals surface area contributed by atoms with Gasteiger partial charge in [0.25, 0.3) is 5.91 Å². The van der Waals surface area contributed by atoms with E-state index < -0.39 is 0 Å². The minimum Gasteiger partial charge on any atom is -0.497 e. The van der Waals surface area contributed by atoms with E-state index in [9.17, 15) is 9.59 Å². The van der Waals surface area contributed by atoms with Crippen molar-refractivity contribution in [1.29, 1.82) is 0 Å². The fourth-order valence-corrected chi connectivity index (χ4v) is 2.48. The molecule has 2 rings (SSSR count). The number of ether oxygens (including phenoxy) is 3. The Morgan fingerprint density at radius 1 is 1.04 bits per heavy atom. The highest BCUT2D eigenvalue weighted by atomic mass is 16.5. The van der Waals surface area contributed by atoms with E-state index in [2.05, 4.69) is 26.1 Å². The zero-order valence-electron chi connectivity index (χ0n) is 16.8. The highest BCUT2D eigenvalue weighted by Crippen LogP contribution is 2.24. The lowest BCUT2D eigenvalue weighted by molar-refractivity contribution is -0.123. The van der Waals surface area contributed by atoms with Crippen molar-refractivity contribution in [2.45, 2.75) is 26.2 Å². The fourth-order valence-electron chi connectivity index (χ4n) is 2.48. The Morgan fingerprint density at radius 3 is 2.32 bits per heavy atom. The number of aldehydes is 1. The predicted octanol–water partition coefficient (Wildman–Crippen LogP) is 3.38. The fraction of sp³-hybridized carbons (Fsp3) is 0.364. The van der Waals surface area contributed by atoms with E-state index in [1.54, 1.807) is 18.2 Å². The van der Waals surface area contributed by atoms with Crippen molar-refractivity contribution in [3.05, 3.63) is 53.6 Å². The normalized spacial score (nSPS) is 10.9. The van der Waals surface area contributed by atoms with Gasteiger partial charge in [0.2, 0.25) is 0 Å². The molecule has 150 valence electrons. The molecule has 1 amide bonds. The first-order chi connectivity index (χ1) is 13.3. The van der Waals surface area contributed by atoms with Crippen LogP contribution in [-0.2, 0) is 10.2 Å². The molecule has 0 saturated heterocycles. The number of hydrogen-bond donors (Lipinski definition) is 1. The smallest absolute Gasteiger partial charge is 0.258 e. The van der Waals surface area contributed by atoms with Crippen LogP contribution in [0.1, 0.15) is 36.7 Å². The molecular weight excluding hydrogens is 358 g/mol. The lowest BCUT2D eigenvalue weighted by atomic mass is 9.87. The molecule has 0 atom stereocenters. The van der Waals surface area contributed by atoms with Crippen molar-refractivity contribution in [1.82, 2.24) is 5.32 Å². The maximum atomic E-state index is 11.9. The number of amides is 1. The average molecular weight is 385 g/mol. The molecule has 6 nitrogen and oxygen atoms in total. The third-order valence-electron chi connectivity index (χ3n) is 4.12. The highest BCUT2D eigenvalue weighted by molar-refractivity contribution is 5.81. The summed E-state index contributed by atoms with van der Waals surface area (Å²) in [5.74, 6) is 1.35. The highest BCUT2D eigenvalue weighted by Gasteiger charge is 2.13. The summed E-state index contributed by atoms with van der Waals surface area (Å²) < 4.78 is 16.1. The average Bonchev–Trinajstić information content (AvgIpc) is 2.69. The second kappa shape index (κ2) is 9.78. The number of carbonyl (C=O) groups is 2. The molecule has 0 aromatic heterocycles. The van der Waals surface area contributed by atoms with Crippen LogP contribution >= 0.6 is 0 Å². The Morgan fingerprint density at radius 2 is 1.71 bits per heavy atom. The molecule has 0 aliphatic carbocycles. The number of benzene rings is 2.